The van der Waals surface area contributed by atoms with Crippen molar-refractivity contribution in [2.75, 3.05) is 40.0 Å². The number of nitrogens with zero attached hydrogens (tertiary/aromatic N) is 1. The zero-order valence-electron chi connectivity index (χ0n) is 17.0. The summed E-state index contributed by atoms with van der Waals surface area (Å²) >= 11 is 0. The Bertz CT molecular complexity index is 510. The Kier molecular flexibility index (Phi) is 15.1. The topological polar surface area (TPSA) is 75.1 Å². The Balaban J connectivity index is 0.00000676. The molecule has 27 heavy (non-hydrogen) atoms. The normalized spacial score (nSPS) is 12.3. The van der Waals surface area contributed by atoms with Gasteiger partial charge in [-0.3, -0.25) is 4.99 Å². The molecule has 0 fully saturated rings. The Morgan fingerprint density at radius 1 is 1.15 bits per heavy atom. The molecular weight excluding hydrogens is 457 g/mol. The maximum Gasteiger partial charge on any atom is 0.191 e. The maximum absolute atomic E-state index is 9.23. The lowest BCUT2D eigenvalue weighted by Crippen LogP contribution is -2.39. The molecule has 1 atom stereocenters. The van der Waals surface area contributed by atoms with Gasteiger partial charge in [-0.05, 0) is 55.9 Å². The summed E-state index contributed by atoms with van der Waals surface area (Å²) in [6.07, 6.45) is 1.87. The molecule has 0 aliphatic heterocycles. The van der Waals surface area contributed by atoms with Crippen LogP contribution >= 0.6 is 24.0 Å². The van der Waals surface area contributed by atoms with Crippen molar-refractivity contribution in [2.45, 2.75) is 33.6 Å². The van der Waals surface area contributed by atoms with E-state index in [0.29, 0.717) is 31.5 Å². The smallest absolute Gasteiger partial charge is 0.191 e. The van der Waals surface area contributed by atoms with E-state index in [1.807, 2.05) is 31.2 Å². The number of aliphatic imine (C=N–C) groups is 1. The van der Waals surface area contributed by atoms with Gasteiger partial charge in [0.05, 0.1) is 13.7 Å². The monoisotopic (exact) mass is 493 g/mol. The van der Waals surface area contributed by atoms with Crippen LogP contribution in [0.3, 0.4) is 0 Å². The third kappa shape index (κ3) is 12.0. The van der Waals surface area contributed by atoms with Crippen LogP contribution in [0.5, 0.6) is 11.5 Å². The Morgan fingerprint density at radius 3 is 2.37 bits per heavy atom. The van der Waals surface area contributed by atoms with Crippen molar-refractivity contribution < 1.29 is 14.6 Å². The molecule has 0 radical (unpaired) electrons. The summed E-state index contributed by atoms with van der Waals surface area (Å²) in [5, 5.41) is 15.8. The van der Waals surface area contributed by atoms with Gasteiger partial charge in [-0.15, -0.1) is 24.0 Å². The molecule has 0 amide bonds. The molecule has 156 valence electrons. The zero-order chi connectivity index (χ0) is 19.2. The van der Waals surface area contributed by atoms with Crippen LogP contribution in [0.1, 0.15) is 33.6 Å². The van der Waals surface area contributed by atoms with Crippen molar-refractivity contribution in [3.63, 3.8) is 0 Å². The highest BCUT2D eigenvalue weighted by molar-refractivity contribution is 14.0. The first-order valence-corrected chi connectivity index (χ1v) is 9.48. The number of ether oxygens (including phenoxy) is 2. The molecule has 1 rings (SSSR count). The van der Waals surface area contributed by atoms with Crippen molar-refractivity contribution in [3.8, 4) is 11.5 Å². The van der Waals surface area contributed by atoms with Gasteiger partial charge in [0.2, 0.25) is 0 Å². The van der Waals surface area contributed by atoms with Gasteiger partial charge in [0.25, 0.3) is 0 Å². The van der Waals surface area contributed by atoms with Crippen molar-refractivity contribution in [1.82, 2.24) is 10.6 Å². The number of hydrogen-bond donors (Lipinski definition) is 3. The number of guanidine groups is 1. The van der Waals surface area contributed by atoms with Gasteiger partial charge in [0.15, 0.2) is 5.96 Å². The second kappa shape index (κ2) is 15.8. The van der Waals surface area contributed by atoms with Crippen molar-refractivity contribution in [1.29, 1.82) is 0 Å². The Hall–Kier alpha value is -1.22. The second-order valence-corrected chi connectivity index (χ2v) is 6.68. The first-order chi connectivity index (χ1) is 12.6. The van der Waals surface area contributed by atoms with E-state index >= 15 is 0 Å². The third-order valence-electron chi connectivity index (χ3n) is 3.92. The molecule has 0 saturated heterocycles. The number of halogens is 1. The third-order valence-corrected chi connectivity index (χ3v) is 3.92. The molecular formula is C20H36IN3O3. The van der Waals surface area contributed by atoms with E-state index in [4.69, 9.17) is 9.47 Å². The van der Waals surface area contributed by atoms with Crippen molar-refractivity contribution >= 4 is 29.9 Å². The Morgan fingerprint density at radius 2 is 1.81 bits per heavy atom. The average molecular weight is 493 g/mol. The molecule has 0 heterocycles. The van der Waals surface area contributed by atoms with E-state index in [-0.39, 0.29) is 30.6 Å². The van der Waals surface area contributed by atoms with Crippen LogP contribution in [0.4, 0.5) is 0 Å². The number of benzene rings is 1. The fraction of sp³-hybridized carbons (Fsp3) is 0.650. The minimum absolute atomic E-state index is 0. The number of aliphatic hydroxyl groups is 1. The number of rotatable bonds is 12. The molecule has 0 spiro atoms. The summed E-state index contributed by atoms with van der Waals surface area (Å²) in [6, 6.07) is 7.54. The van der Waals surface area contributed by atoms with E-state index < -0.39 is 0 Å². The molecule has 0 aliphatic rings. The highest BCUT2D eigenvalue weighted by atomic mass is 127. The van der Waals surface area contributed by atoms with E-state index in [9.17, 15) is 5.11 Å². The zero-order valence-corrected chi connectivity index (χ0v) is 19.4. The standard InChI is InChI=1S/C20H35N3O3.HI/c1-5-21-20(23-15-17(10-12-24)14-16(2)3)22-11-13-26-19-8-6-18(25-4)7-9-19;/h6-9,16-17,24H,5,10-15H2,1-4H3,(H2,21,22,23);1H. The minimum atomic E-state index is 0. The van der Waals surface area contributed by atoms with Crippen LogP contribution in [0.25, 0.3) is 0 Å². The van der Waals surface area contributed by atoms with E-state index in [1.165, 1.54) is 0 Å². The lowest BCUT2D eigenvalue weighted by Gasteiger charge is -2.17. The van der Waals surface area contributed by atoms with Gasteiger partial charge >= 0.3 is 0 Å². The molecule has 0 bridgehead atoms. The quantitative estimate of drug-likeness (QED) is 0.180. The molecule has 3 N–H and O–H groups in total. The lowest BCUT2D eigenvalue weighted by molar-refractivity contribution is 0.245. The summed E-state index contributed by atoms with van der Waals surface area (Å²) in [5.41, 5.74) is 0. The molecule has 1 unspecified atom stereocenters. The number of methoxy groups -OCH3 is 1. The van der Waals surface area contributed by atoms with Crippen LogP contribution in [-0.4, -0.2) is 51.0 Å². The van der Waals surface area contributed by atoms with Crippen molar-refractivity contribution in [3.05, 3.63) is 24.3 Å². The Labute approximate surface area is 181 Å². The molecule has 0 aliphatic carbocycles. The van der Waals surface area contributed by atoms with E-state index in [1.54, 1.807) is 7.11 Å². The molecule has 6 nitrogen and oxygen atoms in total. The fourth-order valence-electron chi connectivity index (χ4n) is 2.71. The van der Waals surface area contributed by atoms with Crippen LogP contribution in [-0.2, 0) is 0 Å². The summed E-state index contributed by atoms with van der Waals surface area (Å²) in [7, 11) is 1.65. The number of aliphatic hydroxyl groups excluding tert-OH is 1. The fourth-order valence-corrected chi connectivity index (χ4v) is 2.71. The first kappa shape index (κ1) is 25.8. The van der Waals surface area contributed by atoms with Crippen LogP contribution in [0.2, 0.25) is 0 Å². The van der Waals surface area contributed by atoms with Crippen LogP contribution in [0, 0.1) is 11.8 Å². The number of hydrogen-bond acceptors (Lipinski definition) is 4. The van der Waals surface area contributed by atoms with Gasteiger partial charge in [-0.2, -0.15) is 0 Å². The van der Waals surface area contributed by atoms with E-state index in [2.05, 4.69) is 29.5 Å². The van der Waals surface area contributed by atoms with Gasteiger partial charge < -0.3 is 25.2 Å². The number of nitrogens with one attached hydrogen (secondary N) is 2. The van der Waals surface area contributed by atoms with Gasteiger partial charge in [0, 0.05) is 19.7 Å². The lowest BCUT2D eigenvalue weighted by atomic mass is 9.94. The average Bonchev–Trinajstić information content (AvgIpc) is 2.63. The van der Waals surface area contributed by atoms with Crippen LogP contribution in [0.15, 0.2) is 29.3 Å². The minimum Gasteiger partial charge on any atom is -0.497 e. The first-order valence-electron chi connectivity index (χ1n) is 9.48. The predicted molar refractivity (Wildman–Crippen MR) is 123 cm³/mol. The largest absolute Gasteiger partial charge is 0.497 e. The summed E-state index contributed by atoms with van der Waals surface area (Å²) in [6.45, 7) is 9.39. The second-order valence-electron chi connectivity index (χ2n) is 6.68. The highest BCUT2D eigenvalue weighted by Gasteiger charge is 2.10. The molecule has 7 heteroatoms. The maximum atomic E-state index is 9.23. The van der Waals surface area contributed by atoms with Crippen molar-refractivity contribution in [2.24, 2.45) is 16.8 Å². The highest BCUT2D eigenvalue weighted by Crippen LogP contribution is 2.17. The molecule has 0 aromatic heterocycles. The van der Waals surface area contributed by atoms with E-state index in [0.717, 1.165) is 36.8 Å². The summed E-state index contributed by atoms with van der Waals surface area (Å²) < 4.78 is 10.8. The molecule has 1 aromatic carbocycles. The van der Waals surface area contributed by atoms with Gasteiger partial charge in [-0.25, -0.2) is 0 Å². The summed E-state index contributed by atoms with van der Waals surface area (Å²) in [5.74, 6) is 3.43. The molecule has 0 saturated carbocycles. The predicted octanol–water partition coefficient (Wildman–Crippen LogP) is 3.29. The van der Waals surface area contributed by atoms with Gasteiger partial charge in [0.1, 0.15) is 18.1 Å². The van der Waals surface area contributed by atoms with Gasteiger partial charge in [-0.1, -0.05) is 13.8 Å². The SMILES string of the molecule is CCNC(=NCC(CCO)CC(C)C)NCCOc1ccc(OC)cc1.I. The summed E-state index contributed by atoms with van der Waals surface area (Å²) in [4.78, 5) is 4.66. The van der Waals surface area contributed by atoms with Crippen LogP contribution < -0.4 is 20.1 Å². The molecule has 1 aromatic rings.